The van der Waals surface area contributed by atoms with E-state index >= 15 is 0 Å². The third-order valence-corrected chi connectivity index (χ3v) is 4.14. The van der Waals surface area contributed by atoms with E-state index in [1.54, 1.807) is 18.7 Å². The van der Waals surface area contributed by atoms with Crippen LogP contribution in [0, 0.1) is 0 Å². The number of nitrogens with zero attached hydrogens (tertiary/aromatic N) is 1. The van der Waals surface area contributed by atoms with Crippen LogP contribution in [-0.4, -0.2) is 28.8 Å². The molecule has 1 N–H and O–H groups in total. The van der Waals surface area contributed by atoms with Crippen molar-refractivity contribution < 1.29 is 9.59 Å². The highest BCUT2D eigenvalue weighted by Crippen LogP contribution is 2.25. The van der Waals surface area contributed by atoms with Gasteiger partial charge in [0.05, 0.1) is 6.54 Å². The van der Waals surface area contributed by atoms with Crippen LogP contribution in [-0.2, 0) is 16.1 Å². The van der Waals surface area contributed by atoms with Crippen molar-refractivity contribution in [2.45, 2.75) is 25.9 Å². The van der Waals surface area contributed by atoms with Crippen molar-refractivity contribution in [3.8, 4) is 0 Å². The molecule has 2 amide bonds. The van der Waals surface area contributed by atoms with Crippen LogP contribution in [0.15, 0.2) is 42.5 Å². The number of piperazine rings is 1. The zero-order valence-electron chi connectivity index (χ0n) is 12.2. The number of nitrogens with one attached hydrogen (secondary N) is 1. The van der Waals surface area contributed by atoms with Gasteiger partial charge in [0.15, 0.2) is 0 Å². The number of hydrogen-bond donors (Lipinski definition) is 1. The predicted molar refractivity (Wildman–Crippen MR) is 81.6 cm³/mol. The van der Waals surface area contributed by atoms with Gasteiger partial charge in [0.2, 0.25) is 11.8 Å². The maximum Gasteiger partial charge on any atom is 0.245 e. The van der Waals surface area contributed by atoms with Gasteiger partial charge < -0.3 is 10.2 Å². The van der Waals surface area contributed by atoms with E-state index < -0.39 is 5.54 Å². The Morgan fingerprint density at radius 3 is 2.62 bits per heavy atom. The van der Waals surface area contributed by atoms with Gasteiger partial charge in [-0.1, -0.05) is 42.5 Å². The van der Waals surface area contributed by atoms with Crippen LogP contribution in [0.2, 0.25) is 0 Å². The molecule has 1 aliphatic heterocycles. The number of amides is 2. The summed E-state index contributed by atoms with van der Waals surface area (Å²) in [4.78, 5) is 25.9. The van der Waals surface area contributed by atoms with Gasteiger partial charge in [0.25, 0.3) is 0 Å². The normalized spacial score (nSPS) is 17.9. The van der Waals surface area contributed by atoms with E-state index in [1.165, 1.54) is 0 Å². The zero-order chi connectivity index (χ0) is 15.0. The molecule has 2 aromatic rings. The highest BCUT2D eigenvalue weighted by Gasteiger charge is 2.41. The van der Waals surface area contributed by atoms with Crippen LogP contribution in [0.25, 0.3) is 10.8 Å². The molecule has 4 nitrogen and oxygen atoms in total. The highest BCUT2D eigenvalue weighted by molar-refractivity contribution is 5.97. The minimum Gasteiger partial charge on any atom is -0.345 e. The molecule has 0 spiro atoms. The van der Waals surface area contributed by atoms with Crippen molar-refractivity contribution in [1.82, 2.24) is 10.2 Å². The SMILES string of the molecule is CC1(C)C(=O)NCC(=O)N1Cc1cccc2ccccc12. The number of carbonyl (C=O) groups excluding carboxylic acids is 2. The number of carbonyl (C=O) groups is 2. The van der Waals surface area contributed by atoms with Crippen molar-refractivity contribution in [3.63, 3.8) is 0 Å². The lowest BCUT2D eigenvalue weighted by atomic mass is 9.96. The Hall–Kier alpha value is -2.36. The summed E-state index contributed by atoms with van der Waals surface area (Å²) >= 11 is 0. The molecule has 3 rings (SSSR count). The van der Waals surface area contributed by atoms with Gasteiger partial charge in [0, 0.05) is 6.54 Å². The second-order valence-corrected chi connectivity index (χ2v) is 5.86. The Bertz CT molecular complexity index is 716. The van der Waals surface area contributed by atoms with Crippen LogP contribution >= 0.6 is 0 Å². The first-order valence-electron chi connectivity index (χ1n) is 7.05. The van der Waals surface area contributed by atoms with Crippen LogP contribution in [0.4, 0.5) is 0 Å². The lowest BCUT2D eigenvalue weighted by molar-refractivity contribution is -0.152. The molecule has 1 fully saturated rings. The summed E-state index contributed by atoms with van der Waals surface area (Å²) in [5.41, 5.74) is 0.232. The summed E-state index contributed by atoms with van der Waals surface area (Å²) < 4.78 is 0. The van der Waals surface area contributed by atoms with Crippen molar-refractivity contribution in [2.75, 3.05) is 6.54 Å². The number of fused-ring (bicyclic) bond motifs is 1. The molecular weight excluding hydrogens is 264 g/mol. The fourth-order valence-electron chi connectivity index (χ4n) is 2.79. The summed E-state index contributed by atoms with van der Waals surface area (Å²) in [5, 5.41) is 4.91. The lowest BCUT2D eigenvalue weighted by Gasteiger charge is -2.41. The van der Waals surface area contributed by atoms with Crippen molar-refractivity contribution >= 4 is 22.6 Å². The fraction of sp³-hybridized carbons (Fsp3) is 0.294. The molecule has 4 heteroatoms. The smallest absolute Gasteiger partial charge is 0.245 e. The van der Waals surface area contributed by atoms with E-state index in [-0.39, 0.29) is 18.4 Å². The summed E-state index contributed by atoms with van der Waals surface area (Å²) in [6.07, 6.45) is 0. The largest absolute Gasteiger partial charge is 0.345 e. The molecule has 0 atom stereocenters. The molecule has 0 saturated carbocycles. The summed E-state index contributed by atoms with van der Waals surface area (Å²) in [5.74, 6) is -0.158. The van der Waals surface area contributed by atoms with Crippen molar-refractivity contribution in [3.05, 3.63) is 48.0 Å². The van der Waals surface area contributed by atoms with Gasteiger partial charge >= 0.3 is 0 Å². The van der Waals surface area contributed by atoms with Crippen molar-refractivity contribution in [1.29, 1.82) is 0 Å². The Morgan fingerprint density at radius 2 is 1.81 bits per heavy atom. The standard InChI is InChI=1S/C17H18N2O2/c1-17(2)16(21)18-10-15(20)19(17)11-13-8-5-7-12-6-3-4-9-14(12)13/h3-9H,10-11H2,1-2H3,(H,18,21). The Balaban J connectivity index is 2.01. The first-order chi connectivity index (χ1) is 10.00. The molecule has 0 radical (unpaired) electrons. The Kier molecular flexibility index (Phi) is 3.16. The van der Waals surface area contributed by atoms with E-state index in [0.29, 0.717) is 6.54 Å². The van der Waals surface area contributed by atoms with E-state index in [9.17, 15) is 9.59 Å². The second kappa shape index (κ2) is 4.88. The summed E-state index contributed by atoms with van der Waals surface area (Å²) in [6, 6.07) is 14.1. The lowest BCUT2D eigenvalue weighted by Crippen LogP contribution is -2.63. The predicted octanol–water partition coefficient (Wildman–Crippen LogP) is 2.08. The molecule has 1 saturated heterocycles. The topological polar surface area (TPSA) is 49.4 Å². The van der Waals surface area contributed by atoms with E-state index in [1.807, 2.05) is 30.3 Å². The maximum atomic E-state index is 12.2. The monoisotopic (exact) mass is 282 g/mol. The fourth-order valence-corrected chi connectivity index (χ4v) is 2.79. The Morgan fingerprint density at radius 1 is 1.10 bits per heavy atom. The maximum absolute atomic E-state index is 12.2. The van der Waals surface area contributed by atoms with Gasteiger partial charge in [-0.05, 0) is 30.2 Å². The molecule has 0 bridgehead atoms. The van der Waals surface area contributed by atoms with Crippen LogP contribution in [0.1, 0.15) is 19.4 Å². The average molecular weight is 282 g/mol. The van der Waals surface area contributed by atoms with Gasteiger partial charge in [-0.2, -0.15) is 0 Å². The summed E-state index contributed by atoms with van der Waals surface area (Å²) in [6.45, 7) is 4.09. The average Bonchev–Trinajstić information content (AvgIpc) is 2.48. The minimum absolute atomic E-state index is 0.0486. The first-order valence-corrected chi connectivity index (χ1v) is 7.05. The third kappa shape index (κ3) is 2.27. The molecule has 0 aromatic heterocycles. The van der Waals surface area contributed by atoms with E-state index in [4.69, 9.17) is 0 Å². The number of benzene rings is 2. The van der Waals surface area contributed by atoms with Crippen LogP contribution in [0.3, 0.4) is 0 Å². The zero-order valence-corrected chi connectivity index (χ0v) is 12.2. The van der Waals surface area contributed by atoms with E-state index in [2.05, 4.69) is 17.4 Å². The molecule has 0 unspecified atom stereocenters. The van der Waals surface area contributed by atoms with Crippen molar-refractivity contribution in [2.24, 2.45) is 0 Å². The minimum atomic E-state index is -0.827. The molecular formula is C17H18N2O2. The highest BCUT2D eigenvalue weighted by atomic mass is 16.2. The van der Waals surface area contributed by atoms with Gasteiger partial charge in [0.1, 0.15) is 5.54 Å². The molecule has 2 aromatic carbocycles. The van der Waals surface area contributed by atoms with Gasteiger partial charge in [-0.3, -0.25) is 9.59 Å². The number of rotatable bonds is 2. The first kappa shape index (κ1) is 13.6. The van der Waals surface area contributed by atoms with Gasteiger partial charge in [-0.25, -0.2) is 0 Å². The molecule has 1 aliphatic rings. The quantitative estimate of drug-likeness (QED) is 0.916. The Labute approximate surface area is 123 Å². The molecule has 0 aliphatic carbocycles. The molecule has 108 valence electrons. The van der Waals surface area contributed by atoms with E-state index in [0.717, 1.165) is 16.3 Å². The van der Waals surface area contributed by atoms with Crippen LogP contribution in [0.5, 0.6) is 0 Å². The third-order valence-electron chi connectivity index (χ3n) is 4.14. The van der Waals surface area contributed by atoms with Gasteiger partial charge in [-0.15, -0.1) is 0 Å². The summed E-state index contributed by atoms with van der Waals surface area (Å²) in [7, 11) is 0. The molecule has 21 heavy (non-hydrogen) atoms. The number of hydrogen-bond acceptors (Lipinski definition) is 2. The van der Waals surface area contributed by atoms with Crippen LogP contribution < -0.4 is 5.32 Å². The molecule has 1 heterocycles. The second-order valence-electron chi connectivity index (χ2n) is 5.86.